The predicted octanol–water partition coefficient (Wildman–Crippen LogP) is 3.83. The highest BCUT2D eigenvalue weighted by atomic mass is 16.5. The van der Waals surface area contributed by atoms with Crippen molar-refractivity contribution < 1.29 is 19.1 Å². The third-order valence-corrected chi connectivity index (χ3v) is 5.14. The lowest BCUT2D eigenvalue weighted by Gasteiger charge is -2.27. The van der Waals surface area contributed by atoms with Crippen molar-refractivity contribution in [3.63, 3.8) is 0 Å². The molecule has 3 aromatic rings. The fourth-order valence-corrected chi connectivity index (χ4v) is 3.65. The van der Waals surface area contributed by atoms with Gasteiger partial charge in [0.05, 0.1) is 11.6 Å². The first-order chi connectivity index (χ1) is 14.6. The molecule has 0 atom stereocenters. The van der Waals surface area contributed by atoms with Crippen molar-refractivity contribution in [3.05, 3.63) is 82.9 Å². The molecule has 0 aliphatic carbocycles. The average Bonchev–Trinajstić information content (AvgIpc) is 2.78. The minimum atomic E-state index is -0.442. The summed E-state index contributed by atoms with van der Waals surface area (Å²) in [7, 11) is 0. The summed E-state index contributed by atoms with van der Waals surface area (Å²) in [5, 5.41) is 10.6. The Kier molecular flexibility index (Phi) is 5.27. The summed E-state index contributed by atoms with van der Waals surface area (Å²) in [6.45, 7) is 0.145. The highest BCUT2D eigenvalue weighted by Gasteiger charge is 2.32. The molecule has 1 heterocycles. The normalized spacial score (nSPS) is 12.7. The maximum absolute atomic E-state index is 12.8. The molecule has 0 aromatic heterocycles. The van der Waals surface area contributed by atoms with Gasteiger partial charge in [0.2, 0.25) is 0 Å². The Morgan fingerprint density at radius 3 is 2.27 bits per heavy atom. The van der Waals surface area contributed by atoms with Crippen LogP contribution in [0.25, 0.3) is 10.8 Å². The van der Waals surface area contributed by atoms with Crippen LogP contribution in [-0.2, 0) is 16.1 Å². The van der Waals surface area contributed by atoms with E-state index in [2.05, 4.69) is 6.07 Å². The van der Waals surface area contributed by atoms with Crippen LogP contribution in [0.2, 0.25) is 0 Å². The number of ether oxygens (including phenoxy) is 1. The van der Waals surface area contributed by atoms with Gasteiger partial charge in [-0.15, -0.1) is 0 Å². The van der Waals surface area contributed by atoms with E-state index < -0.39 is 5.97 Å². The molecule has 1 aliphatic heterocycles. The number of hydrogen-bond donors (Lipinski definition) is 0. The molecule has 6 nitrogen and oxygen atoms in total. The largest absolute Gasteiger partial charge is 0.461 e. The third-order valence-electron chi connectivity index (χ3n) is 5.14. The molecule has 0 fully saturated rings. The molecule has 0 saturated carbocycles. The maximum atomic E-state index is 12.8. The second-order valence-electron chi connectivity index (χ2n) is 7.00. The van der Waals surface area contributed by atoms with E-state index in [1.807, 2.05) is 12.1 Å². The van der Waals surface area contributed by atoms with Crippen molar-refractivity contribution in [1.82, 2.24) is 4.90 Å². The fraction of sp³-hybridized carbons (Fsp3) is 0.167. The van der Waals surface area contributed by atoms with Crippen molar-refractivity contribution in [2.75, 3.05) is 6.54 Å². The summed E-state index contributed by atoms with van der Waals surface area (Å²) in [5.74, 6) is -1.14. The van der Waals surface area contributed by atoms with Gasteiger partial charge < -0.3 is 4.74 Å². The number of nitriles is 1. The smallest absolute Gasteiger partial charge is 0.306 e. The SMILES string of the molecule is N#Cc1ccccc1COC(=O)CCCN1C(=O)c2cccc3cccc(c23)C1=O. The first-order valence-electron chi connectivity index (χ1n) is 9.61. The van der Waals surface area contributed by atoms with Crippen LogP contribution < -0.4 is 0 Å². The Morgan fingerprint density at radius 1 is 0.933 bits per heavy atom. The van der Waals surface area contributed by atoms with E-state index in [9.17, 15) is 14.4 Å². The van der Waals surface area contributed by atoms with Crippen LogP contribution in [0.5, 0.6) is 0 Å². The van der Waals surface area contributed by atoms with Crippen molar-refractivity contribution >= 4 is 28.6 Å². The lowest BCUT2D eigenvalue weighted by Crippen LogP contribution is -2.41. The second-order valence-corrected chi connectivity index (χ2v) is 7.00. The Balaban J connectivity index is 1.38. The zero-order valence-corrected chi connectivity index (χ0v) is 16.1. The zero-order valence-electron chi connectivity index (χ0n) is 16.1. The Morgan fingerprint density at radius 2 is 1.60 bits per heavy atom. The van der Waals surface area contributed by atoms with Gasteiger partial charge in [-0.2, -0.15) is 5.26 Å². The number of imide groups is 1. The van der Waals surface area contributed by atoms with Crippen LogP contribution >= 0.6 is 0 Å². The number of nitrogens with zero attached hydrogens (tertiary/aromatic N) is 2. The lowest BCUT2D eigenvalue weighted by molar-refractivity contribution is -0.145. The number of carbonyl (C=O) groups excluding carboxylic acids is 3. The highest BCUT2D eigenvalue weighted by molar-refractivity contribution is 6.25. The van der Waals surface area contributed by atoms with Crippen LogP contribution in [0.4, 0.5) is 0 Å². The summed E-state index contributed by atoms with van der Waals surface area (Å²) < 4.78 is 5.24. The van der Waals surface area contributed by atoms with Gasteiger partial charge in [0.25, 0.3) is 11.8 Å². The minimum Gasteiger partial charge on any atom is -0.461 e. The summed E-state index contributed by atoms with van der Waals surface area (Å²) in [5.41, 5.74) is 2.10. The van der Waals surface area contributed by atoms with Crippen LogP contribution in [0.1, 0.15) is 44.7 Å². The van der Waals surface area contributed by atoms with E-state index in [0.29, 0.717) is 34.1 Å². The van der Waals surface area contributed by atoms with Gasteiger partial charge in [-0.05, 0) is 30.0 Å². The van der Waals surface area contributed by atoms with Crippen molar-refractivity contribution in [2.24, 2.45) is 0 Å². The molecule has 4 rings (SSSR count). The number of hydrogen-bond acceptors (Lipinski definition) is 5. The number of benzene rings is 3. The van der Waals surface area contributed by atoms with E-state index in [4.69, 9.17) is 10.00 Å². The Hall–Kier alpha value is -3.98. The number of esters is 1. The molecule has 0 radical (unpaired) electrons. The first kappa shape index (κ1) is 19.3. The van der Waals surface area contributed by atoms with Gasteiger partial charge in [0.15, 0.2) is 0 Å². The molecule has 6 heteroatoms. The molecular weight excluding hydrogens is 380 g/mol. The monoisotopic (exact) mass is 398 g/mol. The van der Waals surface area contributed by atoms with E-state index in [0.717, 1.165) is 5.39 Å². The van der Waals surface area contributed by atoms with Crippen molar-refractivity contribution in [3.8, 4) is 6.07 Å². The zero-order chi connectivity index (χ0) is 21.1. The second kappa shape index (κ2) is 8.18. The Bertz CT molecular complexity index is 1160. The summed E-state index contributed by atoms with van der Waals surface area (Å²) in [6.07, 6.45) is 0.367. The molecule has 0 N–H and O–H groups in total. The Labute approximate surface area is 173 Å². The lowest BCUT2D eigenvalue weighted by atomic mass is 9.94. The van der Waals surface area contributed by atoms with E-state index in [1.165, 1.54) is 4.90 Å². The van der Waals surface area contributed by atoms with Crippen LogP contribution in [0, 0.1) is 11.3 Å². The highest BCUT2D eigenvalue weighted by Crippen LogP contribution is 2.30. The van der Waals surface area contributed by atoms with Gasteiger partial charge in [0, 0.05) is 35.0 Å². The molecule has 0 saturated heterocycles. The molecular formula is C24H18N2O4. The molecule has 2 amide bonds. The summed E-state index contributed by atoms with van der Waals surface area (Å²) in [6, 6.07) is 19.7. The summed E-state index contributed by atoms with van der Waals surface area (Å²) >= 11 is 0. The minimum absolute atomic E-state index is 0.0134. The number of rotatable bonds is 6. The van der Waals surface area contributed by atoms with Crippen LogP contribution in [-0.4, -0.2) is 29.2 Å². The molecule has 30 heavy (non-hydrogen) atoms. The van der Waals surface area contributed by atoms with Gasteiger partial charge in [-0.3, -0.25) is 19.3 Å². The van der Waals surface area contributed by atoms with Crippen molar-refractivity contribution in [2.45, 2.75) is 19.4 Å². The third kappa shape index (κ3) is 3.53. The van der Waals surface area contributed by atoms with Crippen molar-refractivity contribution in [1.29, 1.82) is 5.26 Å². The molecule has 1 aliphatic rings. The van der Waals surface area contributed by atoms with Gasteiger partial charge in [0.1, 0.15) is 6.61 Å². The van der Waals surface area contributed by atoms with Crippen LogP contribution in [0.3, 0.4) is 0 Å². The molecule has 148 valence electrons. The molecule has 3 aromatic carbocycles. The standard InChI is InChI=1S/C24H18N2O4/c25-14-17-6-1-2-7-18(17)15-30-21(27)12-5-13-26-23(28)19-10-3-8-16-9-4-11-20(22(16)19)24(26)29/h1-4,6-11H,5,12-13,15H2. The number of carbonyl (C=O) groups is 3. The first-order valence-corrected chi connectivity index (χ1v) is 9.61. The maximum Gasteiger partial charge on any atom is 0.306 e. The molecule has 0 bridgehead atoms. The average molecular weight is 398 g/mol. The van der Waals surface area contributed by atoms with Crippen LogP contribution in [0.15, 0.2) is 60.7 Å². The van der Waals surface area contributed by atoms with Gasteiger partial charge in [-0.25, -0.2) is 0 Å². The van der Waals surface area contributed by atoms with E-state index in [-0.39, 0.29) is 31.4 Å². The fourth-order valence-electron chi connectivity index (χ4n) is 3.65. The summed E-state index contributed by atoms with van der Waals surface area (Å²) in [4.78, 5) is 38.9. The predicted molar refractivity (Wildman–Crippen MR) is 110 cm³/mol. The molecule has 0 unspecified atom stereocenters. The van der Waals surface area contributed by atoms with E-state index >= 15 is 0 Å². The van der Waals surface area contributed by atoms with Gasteiger partial charge >= 0.3 is 5.97 Å². The van der Waals surface area contributed by atoms with Gasteiger partial charge in [-0.1, -0.05) is 42.5 Å². The molecule has 0 spiro atoms. The number of amides is 2. The van der Waals surface area contributed by atoms with E-state index in [1.54, 1.807) is 48.5 Å². The topological polar surface area (TPSA) is 87.5 Å². The quantitative estimate of drug-likeness (QED) is 0.465.